The number of rotatable bonds is 3. The molecule has 98 valence electrons. The number of hydrogen-bond donors (Lipinski definition) is 0. The summed E-state index contributed by atoms with van der Waals surface area (Å²) in [7, 11) is 0. The Bertz CT molecular complexity index is 555. The molecule has 4 heteroatoms. The van der Waals surface area contributed by atoms with Gasteiger partial charge in [-0.15, -0.1) is 11.5 Å². The maximum atomic E-state index is 11.3. The Hall–Kier alpha value is -0.726. The summed E-state index contributed by atoms with van der Waals surface area (Å²) in [5.41, 5.74) is 1.20. The van der Waals surface area contributed by atoms with Crippen LogP contribution in [0.2, 0.25) is 0 Å². The second kappa shape index (κ2) is 6.44. The van der Waals surface area contributed by atoms with Gasteiger partial charge in [-0.1, -0.05) is 47.5 Å². The first-order valence-corrected chi connectivity index (χ1v) is 6.51. The molecule has 0 N–H and O–H groups in total. The minimum Gasteiger partial charge on any atom is -0.873 e. The third-order valence-electron chi connectivity index (χ3n) is 2.85. The number of halogens is 1. The molecule has 0 aromatic heterocycles. The van der Waals surface area contributed by atoms with Gasteiger partial charge in [0.1, 0.15) is 0 Å². The van der Waals surface area contributed by atoms with Crippen LogP contribution in [0.15, 0.2) is 28.7 Å². The summed E-state index contributed by atoms with van der Waals surface area (Å²) in [5.74, 6) is -0.878. The quantitative estimate of drug-likeness (QED) is 0.798. The predicted octanol–water partition coefficient (Wildman–Crippen LogP) is 3.09. The molecule has 2 aromatic rings. The van der Waals surface area contributed by atoms with Crippen LogP contribution in [0.25, 0.3) is 10.8 Å². The van der Waals surface area contributed by atoms with E-state index in [1.165, 1.54) is 17.7 Å². The molecule has 0 saturated heterocycles. The van der Waals surface area contributed by atoms with Crippen molar-refractivity contribution in [2.75, 3.05) is 0 Å². The summed E-state index contributed by atoms with van der Waals surface area (Å²) < 4.78 is 0.887. The second-order valence-corrected chi connectivity index (χ2v) is 5.06. The third-order valence-corrected chi connectivity index (χ3v) is 3.50. The van der Waals surface area contributed by atoms with Gasteiger partial charge in [0.25, 0.3) is 0 Å². The van der Waals surface area contributed by atoms with E-state index in [2.05, 4.69) is 22.9 Å². The Labute approximate surface area is 125 Å². The molecule has 0 saturated carbocycles. The van der Waals surface area contributed by atoms with E-state index in [9.17, 15) is 10.2 Å². The zero-order valence-corrected chi connectivity index (χ0v) is 12.5. The van der Waals surface area contributed by atoms with Crippen molar-refractivity contribution < 1.29 is 26.7 Å². The van der Waals surface area contributed by atoms with E-state index in [1.807, 2.05) is 12.1 Å². The fourth-order valence-electron chi connectivity index (χ4n) is 1.91. The molecule has 2 nitrogen and oxygen atoms in total. The van der Waals surface area contributed by atoms with Crippen LogP contribution in [0.3, 0.4) is 0 Å². The molecular weight excluding hydrogens is 339 g/mol. The van der Waals surface area contributed by atoms with Crippen molar-refractivity contribution in [1.29, 1.82) is 0 Å². The van der Waals surface area contributed by atoms with Crippen molar-refractivity contribution in [3.63, 3.8) is 0 Å². The molecule has 0 bridgehead atoms. The first-order chi connectivity index (χ1) is 8.11. The van der Waals surface area contributed by atoms with Gasteiger partial charge in [0.15, 0.2) is 0 Å². The SMILES string of the molecule is CCCCc1cc(Br)c2cc([O-])c([O-])cc2c1.[Ni+2]. The molecule has 0 aliphatic rings. The maximum Gasteiger partial charge on any atom is 2.00 e. The molecule has 18 heavy (non-hydrogen) atoms. The smallest absolute Gasteiger partial charge is 0.873 e. The van der Waals surface area contributed by atoms with Gasteiger partial charge in [0, 0.05) is 4.47 Å². The van der Waals surface area contributed by atoms with Crippen LogP contribution in [0.1, 0.15) is 25.3 Å². The number of unbranched alkanes of at least 4 members (excludes halogenated alkanes) is 1. The third kappa shape index (κ3) is 3.18. The van der Waals surface area contributed by atoms with Crippen molar-refractivity contribution in [3.05, 3.63) is 34.3 Å². The largest absolute Gasteiger partial charge is 2.00 e. The summed E-state index contributed by atoms with van der Waals surface area (Å²) in [5, 5.41) is 24.3. The Morgan fingerprint density at radius 2 is 1.72 bits per heavy atom. The maximum absolute atomic E-state index is 11.3. The second-order valence-electron chi connectivity index (χ2n) is 4.20. The Morgan fingerprint density at radius 3 is 2.39 bits per heavy atom. The van der Waals surface area contributed by atoms with Crippen LogP contribution >= 0.6 is 15.9 Å². The van der Waals surface area contributed by atoms with Crippen molar-refractivity contribution >= 4 is 26.7 Å². The van der Waals surface area contributed by atoms with E-state index in [0.29, 0.717) is 0 Å². The van der Waals surface area contributed by atoms with Gasteiger partial charge in [-0.2, -0.15) is 0 Å². The van der Waals surface area contributed by atoms with E-state index >= 15 is 0 Å². The topological polar surface area (TPSA) is 46.1 Å². The molecule has 0 fully saturated rings. The zero-order valence-electron chi connectivity index (χ0n) is 9.94. The van der Waals surface area contributed by atoms with Gasteiger partial charge < -0.3 is 10.2 Å². The molecule has 2 rings (SSSR count). The molecule has 0 atom stereocenters. The van der Waals surface area contributed by atoms with Gasteiger partial charge in [-0.3, -0.25) is 0 Å². The first kappa shape index (κ1) is 15.3. The van der Waals surface area contributed by atoms with Crippen LogP contribution in [-0.4, -0.2) is 0 Å². The van der Waals surface area contributed by atoms with Gasteiger partial charge in [-0.25, -0.2) is 0 Å². The average molecular weight is 352 g/mol. The summed E-state index contributed by atoms with van der Waals surface area (Å²) in [6.07, 6.45) is 3.27. The minimum absolute atomic E-state index is 0. The number of benzene rings is 2. The minimum atomic E-state index is -0.445. The molecule has 0 heterocycles. The van der Waals surface area contributed by atoms with Crippen LogP contribution in [0.4, 0.5) is 0 Å². The average Bonchev–Trinajstić information content (AvgIpc) is 2.29. The van der Waals surface area contributed by atoms with Gasteiger partial charge in [0.2, 0.25) is 0 Å². The summed E-state index contributed by atoms with van der Waals surface area (Å²) in [6, 6.07) is 6.86. The molecule has 0 radical (unpaired) electrons. The molecule has 0 unspecified atom stereocenters. The number of hydrogen-bond acceptors (Lipinski definition) is 2. The fourth-order valence-corrected chi connectivity index (χ4v) is 2.55. The molecule has 0 amide bonds. The van der Waals surface area contributed by atoms with Gasteiger partial charge in [0.05, 0.1) is 0 Å². The Morgan fingerprint density at radius 1 is 1.06 bits per heavy atom. The molecule has 0 spiro atoms. The molecule has 0 aliphatic carbocycles. The predicted molar refractivity (Wildman–Crippen MR) is 69.2 cm³/mol. The molecule has 0 aliphatic heterocycles. The van der Waals surface area contributed by atoms with Crippen molar-refractivity contribution in [1.82, 2.24) is 0 Å². The van der Waals surface area contributed by atoms with E-state index in [-0.39, 0.29) is 16.5 Å². The van der Waals surface area contributed by atoms with Gasteiger partial charge >= 0.3 is 16.5 Å². The Kier molecular flexibility index (Phi) is 5.49. The fraction of sp³-hybridized carbons (Fsp3) is 0.286. The summed E-state index contributed by atoms with van der Waals surface area (Å²) >= 11 is 3.46. The molecule has 2 aromatic carbocycles. The van der Waals surface area contributed by atoms with Crippen molar-refractivity contribution in [3.8, 4) is 11.5 Å². The van der Waals surface area contributed by atoms with E-state index in [0.717, 1.165) is 34.5 Å². The zero-order chi connectivity index (χ0) is 12.4. The van der Waals surface area contributed by atoms with E-state index < -0.39 is 11.5 Å². The van der Waals surface area contributed by atoms with Crippen LogP contribution in [0.5, 0.6) is 11.5 Å². The van der Waals surface area contributed by atoms with Gasteiger partial charge in [-0.05, 0) is 35.2 Å². The molecular formula is C14H13BrNiO2. The van der Waals surface area contributed by atoms with E-state index in [4.69, 9.17) is 0 Å². The van der Waals surface area contributed by atoms with Crippen molar-refractivity contribution in [2.45, 2.75) is 26.2 Å². The Balaban J connectivity index is 0.00000162. The van der Waals surface area contributed by atoms with Crippen molar-refractivity contribution in [2.24, 2.45) is 0 Å². The first-order valence-electron chi connectivity index (χ1n) is 5.72. The normalized spacial score (nSPS) is 10.3. The van der Waals surface area contributed by atoms with Crippen LogP contribution in [-0.2, 0) is 22.9 Å². The monoisotopic (exact) mass is 350 g/mol. The summed E-state index contributed by atoms with van der Waals surface area (Å²) in [6.45, 7) is 2.15. The van der Waals surface area contributed by atoms with Crippen LogP contribution < -0.4 is 10.2 Å². The summed E-state index contributed by atoms with van der Waals surface area (Å²) in [4.78, 5) is 0. The number of fused-ring (bicyclic) bond motifs is 1. The van der Waals surface area contributed by atoms with Crippen LogP contribution in [0, 0.1) is 0 Å². The van der Waals surface area contributed by atoms with E-state index in [1.54, 1.807) is 0 Å². The standard InChI is InChI=1S/C14H15BrO2.Ni/c1-2-3-4-9-5-10-7-13(16)14(17)8-11(10)12(15)6-9;/h5-8,16-17H,2-4H2,1H3;/q;+2/p-2. The number of aryl methyl sites for hydroxylation is 1.